The van der Waals surface area contributed by atoms with Gasteiger partial charge in [0, 0.05) is 11.6 Å². The van der Waals surface area contributed by atoms with Gasteiger partial charge in [0.15, 0.2) is 5.11 Å². The van der Waals surface area contributed by atoms with Gasteiger partial charge in [-0.25, -0.2) is 0 Å². The highest BCUT2D eigenvalue weighted by Gasteiger charge is 2.16. The fourth-order valence-electron chi connectivity index (χ4n) is 2.77. The second kappa shape index (κ2) is 8.97. The van der Waals surface area contributed by atoms with E-state index in [1.54, 1.807) is 18.2 Å². The van der Waals surface area contributed by atoms with Crippen molar-refractivity contribution in [3.05, 3.63) is 78.1 Å². The number of phenolic OH excluding ortho intramolecular Hbond substituents is 1. The number of hydrogen-bond donors (Lipinski definition) is 3. The topological polar surface area (TPSA) is 74.5 Å². The van der Waals surface area contributed by atoms with Gasteiger partial charge in [0.2, 0.25) is 5.91 Å². The molecule has 30 heavy (non-hydrogen) atoms. The first-order chi connectivity index (χ1) is 14.2. The summed E-state index contributed by atoms with van der Waals surface area (Å²) in [5.74, 6) is 0.927. The van der Waals surface area contributed by atoms with Gasteiger partial charge in [0.05, 0.1) is 5.69 Å². The van der Waals surface area contributed by atoms with Crippen LogP contribution in [0.3, 0.4) is 0 Å². The summed E-state index contributed by atoms with van der Waals surface area (Å²) in [5.41, 5.74) is 2.35. The largest absolute Gasteiger partial charge is 0.506 e. The number of carbonyl (C=O) groups is 1. The molecule has 0 aliphatic carbocycles. The summed E-state index contributed by atoms with van der Waals surface area (Å²) in [7, 11) is 0. The van der Waals surface area contributed by atoms with E-state index in [4.69, 9.17) is 16.6 Å². The van der Waals surface area contributed by atoms with Crippen LogP contribution in [0.15, 0.2) is 71.2 Å². The van der Waals surface area contributed by atoms with Crippen LogP contribution in [0.4, 0.5) is 5.69 Å². The maximum absolute atomic E-state index is 12.2. The molecule has 3 aromatic rings. The molecule has 6 heteroatoms. The lowest BCUT2D eigenvalue weighted by molar-refractivity contribution is -0.115. The first-order valence-electron chi connectivity index (χ1n) is 9.51. The highest BCUT2D eigenvalue weighted by molar-refractivity contribution is 7.80. The number of aromatic hydroxyl groups is 1. The normalized spacial score (nSPS) is 11.4. The number of hydrogen-bond acceptors (Lipinski definition) is 4. The van der Waals surface area contributed by atoms with E-state index in [-0.39, 0.29) is 16.3 Å². The zero-order valence-electron chi connectivity index (χ0n) is 17.1. The Morgan fingerprint density at radius 1 is 1.07 bits per heavy atom. The Morgan fingerprint density at radius 3 is 2.50 bits per heavy atom. The third kappa shape index (κ3) is 5.58. The molecule has 154 valence electrons. The first kappa shape index (κ1) is 21.3. The van der Waals surface area contributed by atoms with E-state index >= 15 is 0 Å². The number of thiocarbonyl (C=S) groups is 1. The smallest absolute Gasteiger partial charge is 0.250 e. The Labute approximate surface area is 181 Å². The molecule has 5 nitrogen and oxygen atoms in total. The minimum Gasteiger partial charge on any atom is -0.506 e. The molecule has 0 unspecified atom stereocenters. The van der Waals surface area contributed by atoms with Crippen LogP contribution >= 0.6 is 12.2 Å². The Bertz CT molecular complexity index is 1080. The highest BCUT2D eigenvalue weighted by atomic mass is 32.1. The van der Waals surface area contributed by atoms with Crippen molar-refractivity contribution in [1.29, 1.82) is 0 Å². The molecule has 1 aromatic heterocycles. The maximum Gasteiger partial charge on any atom is 0.250 e. The summed E-state index contributed by atoms with van der Waals surface area (Å²) >= 11 is 5.20. The summed E-state index contributed by atoms with van der Waals surface area (Å²) < 4.78 is 5.73. The van der Waals surface area contributed by atoms with E-state index in [0.29, 0.717) is 11.4 Å². The van der Waals surface area contributed by atoms with Crippen molar-refractivity contribution in [2.45, 2.75) is 26.2 Å². The van der Waals surface area contributed by atoms with Crippen molar-refractivity contribution in [1.82, 2.24) is 5.32 Å². The van der Waals surface area contributed by atoms with E-state index in [0.717, 1.165) is 16.9 Å². The molecule has 0 aliphatic heterocycles. The van der Waals surface area contributed by atoms with E-state index in [9.17, 15) is 9.90 Å². The van der Waals surface area contributed by atoms with Gasteiger partial charge in [-0.05, 0) is 53.5 Å². The van der Waals surface area contributed by atoms with Gasteiger partial charge < -0.3 is 14.8 Å². The minimum atomic E-state index is -0.406. The lowest BCUT2D eigenvalue weighted by Crippen LogP contribution is -2.32. The monoisotopic (exact) mass is 420 g/mol. The zero-order valence-corrected chi connectivity index (χ0v) is 17.9. The molecule has 0 spiro atoms. The Hall–Kier alpha value is -3.38. The number of furan rings is 1. The van der Waals surface area contributed by atoms with Crippen molar-refractivity contribution in [2.75, 3.05) is 5.32 Å². The van der Waals surface area contributed by atoms with E-state index in [1.807, 2.05) is 48.5 Å². The van der Waals surface area contributed by atoms with Gasteiger partial charge in [0.1, 0.15) is 17.3 Å². The average Bonchev–Trinajstić information content (AvgIpc) is 3.17. The molecule has 3 N–H and O–H groups in total. The second-order valence-corrected chi connectivity index (χ2v) is 8.23. The molecule has 1 amide bonds. The summed E-state index contributed by atoms with van der Waals surface area (Å²) in [4.78, 5) is 12.2. The van der Waals surface area contributed by atoms with Gasteiger partial charge in [0.25, 0.3) is 0 Å². The lowest BCUT2D eigenvalue weighted by atomic mass is 9.87. The second-order valence-electron chi connectivity index (χ2n) is 7.83. The predicted octanol–water partition coefficient (Wildman–Crippen LogP) is 5.48. The Morgan fingerprint density at radius 2 is 1.80 bits per heavy atom. The molecule has 2 aromatic carbocycles. The molecule has 0 radical (unpaired) electrons. The standard InChI is InChI=1S/C24H24N2O3S/c1-24(2,3)17-9-12-20(27)19(15-17)25-23(30)26-22(28)14-11-18-10-13-21(29-18)16-7-5-4-6-8-16/h4-15,27H,1-3H3,(H2,25,26,28,30)/b14-11+. The third-order valence-electron chi connectivity index (χ3n) is 4.43. The van der Waals surface area contributed by atoms with Crippen molar-refractivity contribution < 1.29 is 14.3 Å². The predicted molar refractivity (Wildman–Crippen MR) is 124 cm³/mol. The van der Waals surface area contributed by atoms with E-state index in [2.05, 4.69) is 31.4 Å². The van der Waals surface area contributed by atoms with E-state index < -0.39 is 5.91 Å². The molecule has 0 saturated heterocycles. The maximum atomic E-state index is 12.2. The van der Waals surface area contributed by atoms with Gasteiger partial charge in [-0.1, -0.05) is 57.2 Å². The third-order valence-corrected chi connectivity index (χ3v) is 4.64. The molecule has 0 fully saturated rings. The number of phenols is 1. The number of benzene rings is 2. The summed E-state index contributed by atoms with van der Waals surface area (Å²) in [6, 6.07) is 18.6. The molecular weight excluding hydrogens is 396 g/mol. The SMILES string of the molecule is CC(C)(C)c1ccc(O)c(NC(=S)NC(=O)/C=C/c2ccc(-c3ccccc3)o2)c1. The zero-order chi connectivity index (χ0) is 21.7. The van der Waals surface area contributed by atoms with E-state index in [1.165, 1.54) is 6.08 Å². The van der Waals surface area contributed by atoms with Crippen LogP contribution in [-0.4, -0.2) is 16.1 Å². The fraction of sp³-hybridized carbons (Fsp3) is 0.167. The average molecular weight is 421 g/mol. The highest BCUT2D eigenvalue weighted by Crippen LogP contribution is 2.30. The fourth-order valence-corrected chi connectivity index (χ4v) is 2.98. The van der Waals surface area contributed by atoms with Crippen LogP contribution in [0.1, 0.15) is 32.1 Å². The van der Waals surface area contributed by atoms with Crippen LogP contribution in [-0.2, 0) is 10.2 Å². The molecule has 0 aliphatic rings. The van der Waals surface area contributed by atoms with Crippen LogP contribution in [0, 0.1) is 0 Å². The first-order valence-corrected chi connectivity index (χ1v) is 9.92. The van der Waals surface area contributed by atoms with Crippen LogP contribution < -0.4 is 10.6 Å². The van der Waals surface area contributed by atoms with Crippen LogP contribution in [0.5, 0.6) is 5.75 Å². The van der Waals surface area contributed by atoms with Crippen LogP contribution in [0.2, 0.25) is 0 Å². The quantitative estimate of drug-likeness (QED) is 0.296. The minimum absolute atomic E-state index is 0.0548. The summed E-state index contributed by atoms with van der Waals surface area (Å²) in [6.07, 6.45) is 2.91. The molecule has 0 atom stereocenters. The molecule has 1 heterocycles. The molecule has 3 rings (SSSR count). The number of rotatable bonds is 4. The van der Waals surface area contributed by atoms with Crippen molar-refractivity contribution in [2.24, 2.45) is 0 Å². The lowest BCUT2D eigenvalue weighted by Gasteiger charge is -2.20. The Balaban J connectivity index is 1.60. The summed E-state index contributed by atoms with van der Waals surface area (Å²) in [5, 5.41) is 15.6. The molecule has 0 bridgehead atoms. The van der Waals surface area contributed by atoms with Gasteiger partial charge in [-0.15, -0.1) is 0 Å². The van der Waals surface area contributed by atoms with Gasteiger partial charge >= 0.3 is 0 Å². The number of carbonyl (C=O) groups excluding carboxylic acids is 1. The van der Waals surface area contributed by atoms with Crippen molar-refractivity contribution >= 4 is 35.0 Å². The van der Waals surface area contributed by atoms with Crippen molar-refractivity contribution in [3.63, 3.8) is 0 Å². The molecule has 0 saturated carbocycles. The van der Waals surface area contributed by atoms with Gasteiger partial charge in [-0.3, -0.25) is 10.1 Å². The number of anilines is 1. The molecular formula is C24H24N2O3S. The number of amides is 1. The van der Waals surface area contributed by atoms with Crippen LogP contribution in [0.25, 0.3) is 17.4 Å². The number of nitrogens with one attached hydrogen (secondary N) is 2. The Kier molecular flexibility index (Phi) is 6.37. The van der Waals surface area contributed by atoms with Crippen molar-refractivity contribution in [3.8, 4) is 17.1 Å². The summed E-state index contributed by atoms with van der Waals surface area (Å²) in [6.45, 7) is 6.23. The van der Waals surface area contributed by atoms with Gasteiger partial charge in [-0.2, -0.15) is 0 Å².